The van der Waals surface area contributed by atoms with Crippen LogP contribution in [0.4, 0.5) is 0 Å². The highest BCUT2D eigenvalue weighted by molar-refractivity contribution is 9.10. The van der Waals surface area contributed by atoms with E-state index in [9.17, 15) is 14.4 Å². The number of rotatable bonds is 9. The zero-order chi connectivity index (χ0) is 27.1. The Kier molecular flexibility index (Phi) is 9.35. The van der Waals surface area contributed by atoms with E-state index in [-0.39, 0.29) is 41.4 Å². The number of amides is 1. The van der Waals surface area contributed by atoms with Crippen molar-refractivity contribution in [2.75, 3.05) is 34.5 Å². The number of methoxy groups -OCH3 is 3. The molecule has 0 aromatic heterocycles. The Balaban J connectivity index is 2.19. The lowest BCUT2D eigenvalue weighted by Crippen LogP contribution is -2.32. The number of esters is 2. The molecule has 0 atom stereocenters. The first-order chi connectivity index (χ1) is 17.8. The summed E-state index contributed by atoms with van der Waals surface area (Å²) < 4.78 is 27.4. The molecular formula is C27H28BrNO8. The maximum Gasteiger partial charge on any atom is 0.336 e. The van der Waals surface area contributed by atoms with E-state index in [0.29, 0.717) is 11.3 Å². The molecule has 1 aliphatic heterocycles. The number of nitrogens with zero attached hydrogens (tertiary/aromatic N) is 1. The van der Waals surface area contributed by atoms with Gasteiger partial charge in [0.2, 0.25) is 5.75 Å². The third kappa shape index (κ3) is 5.96. The molecule has 196 valence electrons. The number of hydrogen-bond acceptors (Lipinski definition) is 8. The van der Waals surface area contributed by atoms with Gasteiger partial charge in [-0.2, -0.15) is 0 Å². The van der Waals surface area contributed by atoms with Gasteiger partial charge in [0, 0.05) is 22.4 Å². The Morgan fingerprint density at radius 1 is 0.838 bits per heavy atom. The third-order valence-corrected chi connectivity index (χ3v) is 6.02. The fraction of sp³-hybridized carbons (Fsp3) is 0.296. The third-order valence-electron chi connectivity index (χ3n) is 5.53. The molecular weight excluding hydrogens is 546 g/mol. The monoisotopic (exact) mass is 573 g/mol. The Labute approximate surface area is 223 Å². The first kappa shape index (κ1) is 27.8. The summed E-state index contributed by atoms with van der Waals surface area (Å²) in [5.74, 6) is -1.82. The van der Waals surface area contributed by atoms with Gasteiger partial charge in [0.1, 0.15) is 0 Å². The lowest BCUT2D eigenvalue weighted by Gasteiger charge is -2.29. The SMILES string of the molecule is CCOC(=O)C1=CN(C(=O)c2cc(OC)c(OC)c(OC)c2)C=C(C(=O)OCC)C1c1cccc(Br)c1. The van der Waals surface area contributed by atoms with Crippen LogP contribution in [-0.4, -0.2) is 57.3 Å². The van der Waals surface area contributed by atoms with Crippen molar-refractivity contribution in [2.24, 2.45) is 0 Å². The second-order valence-electron chi connectivity index (χ2n) is 7.72. The molecule has 37 heavy (non-hydrogen) atoms. The molecule has 3 rings (SSSR count). The van der Waals surface area contributed by atoms with Crippen LogP contribution in [0, 0.1) is 0 Å². The number of ether oxygens (including phenoxy) is 5. The molecule has 10 heteroatoms. The highest BCUT2D eigenvalue weighted by Gasteiger charge is 2.37. The van der Waals surface area contributed by atoms with Crippen molar-refractivity contribution in [3.05, 3.63) is 75.5 Å². The van der Waals surface area contributed by atoms with Gasteiger partial charge in [0.15, 0.2) is 11.5 Å². The summed E-state index contributed by atoms with van der Waals surface area (Å²) in [4.78, 5) is 41.0. The molecule has 2 aromatic carbocycles. The second-order valence-corrected chi connectivity index (χ2v) is 8.64. The molecule has 0 N–H and O–H groups in total. The molecule has 1 heterocycles. The fourth-order valence-electron chi connectivity index (χ4n) is 3.94. The lowest BCUT2D eigenvalue weighted by atomic mass is 9.83. The predicted octanol–water partition coefficient (Wildman–Crippen LogP) is 4.61. The molecule has 0 fully saturated rings. The maximum atomic E-state index is 13.7. The summed E-state index contributed by atoms with van der Waals surface area (Å²) in [5.41, 5.74) is 1.03. The van der Waals surface area contributed by atoms with E-state index >= 15 is 0 Å². The van der Waals surface area contributed by atoms with Gasteiger partial charge in [0.25, 0.3) is 5.91 Å². The summed E-state index contributed by atoms with van der Waals surface area (Å²) in [6.07, 6.45) is 2.75. The zero-order valence-electron chi connectivity index (χ0n) is 21.2. The standard InChI is InChI=1S/C27H28BrNO8/c1-6-36-26(31)19-14-29(25(30)17-12-21(33-3)24(35-5)22(13-17)34-4)15-20(27(32)37-7-2)23(19)16-9-8-10-18(28)11-16/h8-15,23H,6-7H2,1-5H3. The molecule has 2 aromatic rings. The van der Waals surface area contributed by atoms with Crippen molar-refractivity contribution in [1.29, 1.82) is 0 Å². The summed E-state index contributed by atoms with van der Waals surface area (Å²) in [6, 6.07) is 10.2. The topological polar surface area (TPSA) is 101 Å². The van der Waals surface area contributed by atoms with Gasteiger partial charge in [-0.3, -0.25) is 9.69 Å². The van der Waals surface area contributed by atoms with Gasteiger partial charge in [-0.25, -0.2) is 9.59 Å². The van der Waals surface area contributed by atoms with Crippen molar-refractivity contribution in [3.8, 4) is 17.2 Å². The van der Waals surface area contributed by atoms with Crippen LogP contribution in [0.1, 0.15) is 35.7 Å². The van der Waals surface area contributed by atoms with Gasteiger partial charge >= 0.3 is 11.9 Å². The van der Waals surface area contributed by atoms with E-state index in [0.717, 1.165) is 9.37 Å². The summed E-state index contributed by atoms with van der Waals surface area (Å²) in [6.45, 7) is 3.58. The van der Waals surface area contributed by atoms with Crippen LogP contribution < -0.4 is 14.2 Å². The molecule has 0 unspecified atom stereocenters. The Bertz CT molecular complexity index is 1190. The van der Waals surface area contributed by atoms with Gasteiger partial charge in [-0.1, -0.05) is 28.1 Å². The number of halogens is 1. The van der Waals surface area contributed by atoms with E-state index in [2.05, 4.69) is 15.9 Å². The Morgan fingerprint density at radius 3 is 1.81 bits per heavy atom. The number of hydrogen-bond donors (Lipinski definition) is 0. The molecule has 0 aliphatic carbocycles. The van der Waals surface area contributed by atoms with Crippen molar-refractivity contribution in [2.45, 2.75) is 19.8 Å². The van der Waals surface area contributed by atoms with Crippen LogP contribution in [0.2, 0.25) is 0 Å². The quantitative estimate of drug-likeness (QED) is 0.401. The normalized spacial score (nSPS) is 13.3. The van der Waals surface area contributed by atoms with Crippen LogP contribution in [0.25, 0.3) is 0 Å². The first-order valence-electron chi connectivity index (χ1n) is 11.4. The molecule has 0 saturated heterocycles. The Hall–Kier alpha value is -3.79. The number of carbonyl (C=O) groups excluding carboxylic acids is 3. The van der Waals surface area contributed by atoms with Crippen LogP contribution in [0.15, 0.2) is 64.4 Å². The molecule has 0 bridgehead atoms. The minimum atomic E-state index is -0.820. The average molecular weight is 574 g/mol. The van der Waals surface area contributed by atoms with Crippen molar-refractivity contribution in [3.63, 3.8) is 0 Å². The van der Waals surface area contributed by atoms with Gasteiger partial charge in [-0.05, 0) is 43.7 Å². The smallest absolute Gasteiger partial charge is 0.336 e. The number of benzene rings is 2. The molecule has 1 aliphatic rings. The summed E-state index contributed by atoms with van der Waals surface area (Å²) >= 11 is 3.44. The highest BCUT2D eigenvalue weighted by atomic mass is 79.9. The molecule has 0 radical (unpaired) electrons. The summed E-state index contributed by atoms with van der Waals surface area (Å²) in [5, 5.41) is 0. The fourth-order valence-corrected chi connectivity index (χ4v) is 4.36. The molecule has 0 spiro atoms. The van der Waals surface area contributed by atoms with E-state index in [1.165, 1.54) is 45.9 Å². The zero-order valence-corrected chi connectivity index (χ0v) is 22.8. The molecule has 1 amide bonds. The van der Waals surface area contributed by atoms with Crippen LogP contribution in [-0.2, 0) is 19.1 Å². The van der Waals surface area contributed by atoms with Gasteiger partial charge in [-0.15, -0.1) is 0 Å². The van der Waals surface area contributed by atoms with Crippen LogP contribution >= 0.6 is 15.9 Å². The average Bonchev–Trinajstić information content (AvgIpc) is 2.91. The van der Waals surface area contributed by atoms with E-state index in [1.807, 2.05) is 6.07 Å². The highest BCUT2D eigenvalue weighted by Crippen LogP contribution is 2.41. The van der Waals surface area contributed by atoms with Crippen LogP contribution in [0.5, 0.6) is 17.2 Å². The van der Waals surface area contributed by atoms with Gasteiger partial charge < -0.3 is 23.7 Å². The van der Waals surface area contributed by atoms with Crippen molar-refractivity contribution < 1.29 is 38.1 Å². The number of carbonyl (C=O) groups is 3. The predicted molar refractivity (Wildman–Crippen MR) is 139 cm³/mol. The minimum Gasteiger partial charge on any atom is -0.493 e. The molecule has 0 saturated carbocycles. The van der Waals surface area contributed by atoms with Crippen LogP contribution in [0.3, 0.4) is 0 Å². The van der Waals surface area contributed by atoms with Gasteiger partial charge in [0.05, 0.1) is 51.6 Å². The van der Waals surface area contributed by atoms with Crippen molar-refractivity contribution in [1.82, 2.24) is 4.90 Å². The first-order valence-corrected chi connectivity index (χ1v) is 12.2. The minimum absolute atomic E-state index is 0.103. The Morgan fingerprint density at radius 2 is 1.38 bits per heavy atom. The van der Waals surface area contributed by atoms with Crippen molar-refractivity contribution >= 4 is 33.8 Å². The largest absolute Gasteiger partial charge is 0.493 e. The second kappa shape index (κ2) is 12.4. The maximum absolute atomic E-state index is 13.7. The lowest BCUT2D eigenvalue weighted by molar-refractivity contribution is -0.139. The van der Waals surface area contributed by atoms with E-state index < -0.39 is 23.8 Å². The van der Waals surface area contributed by atoms with E-state index in [1.54, 1.807) is 32.0 Å². The van der Waals surface area contributed by atoms with E-state index in [4.69, 9.17) is 23.7 Å². The molecule has 9 nitrogen and oxygen atoms in total. The summed E-state index contributed by atoms with van der Waals surface area (Å²) in [7, 11) is 4.33.